The van der Waals surface area contributed by atoms with Gasteiger partial charge in [0, 0.05) is 42.7 Å². The fourth-order valence-corrected chi connectivity index (χ4v) is 4.39. The average molecular weight is 456 g/mol. The largest absolute Gasteiger partial charge is 0.492 e. The Bertz CT molecular complexity index is 1260. The van der Waals surface area contributed by atoms with Crippen LogP contribution >= 0.6 is 0 Å². The highest BCUT2D eigenvalue weighted by atomic mass is 16.5. The SMILES string of the molecule is CNC(=O)c1ccc(-c2cnn3cc(-c4ccc(OCCN5CCCCC5)cc4)cnc23)cc1. The number of amides is 1. The van der Waals surface area contributed by atoms with Crippen LogP contribution in [0.2, 0.25) is 0 Å². The molecule has 0 unspecified atom stereocenters. The third-order valence-electron chi connectivity index (χ3n) is 6.35. The molecule has 1 aliphatic heterocycles. The van der Waals surface area contributed by atoms with Gasteiger partial charge in [0.25, 0.3) is 5.91 Å². The van der Waals surface area contributed by atoms with Gasteiger partial charge < -0.3 is 10.1 Å². The second-order valence-electron chi connectivity index (χ2n) is 8.60. The summed E-state index contributed by atoms with van der Waals surface area (Å²) < 4.78 is 7.74. The van der Waals surface area contributed by atoms with Gasteiger partial charge in [0.2, 0.25) is 0 Å². The van der Waals surface area contributed by atoms with Gasteiger partial charge in [0.1, 0.15) is 12.4 Å². The molecule has 174 valence electrons. The topological polar surface area (TPSA) is 71.8 Å². The van der Waals surface area contributed by atoms with Gasteiger partial charge in [-0.15, -0.1) is 0 Å². The molecular formula is C27H29N5O2. The molecule has 4 aromatic rings. The normalized spacial score (nSPS) is 14.3. The van der Waals surface area contributed by atoms with Crippen molar-refractivity contribution in [3.8, 4) is 28.0 Å². The number of fused-ring (bicyclic) bond motifs is 1. The molecule has 7 heteroatoms. The molecule has 2 aromatic carbocycles. The molecule has 0 atom stereocenters. The van der Waals surface area contributed by atoms with Crippen molar-refractivity contribution in [3.05, 3.63) is 72.7 Å². The molecule has 2 aromatic heterocycles. The van der Waals surface area contributed by atoms with E-state index in [1.807, 2.05) is 48.8 Å². The van der Waals surface area contributed by atoms with Crippen molar-refractivity contribution in [2.75, 3.05) is 33.3 Å². The van der Waals surface area contributed by atoms with Crippen LogP contribution in [-0.2, 0) is 0 Å². The zero-order valence-corrected chi connectivity index (χ0v) is 19.4. The second-order valence-corrected chi connectivity index (χ2v) is 8.60. The predicted molar refractivity (Wildman–Crippen MR) is 133 cm³/mol. The Morgan fingerprint density at radius 2 is 1.68 bits per heavy atom. The van der Waals surface area contributed by atoms with Crippen LogP contribution in [0.25, 0.3) is 27.9 Å². The van der Waals surface area contributed by atoms with Gasteiger partial charge in [-0.3, -0.25) is 9.69 Å². The highest BCUT2D eigenvalue weighted by molar-refractivity contribution is 5.94. The highest BCUT2D eigenvalue weighted by Gasteiger charge is 2.12. The molecule has 1 fully saturated rings. The van der Waals surface area contributed by atoms with E-state index in [4.69, 9.17) is 4.74 Å². The van der Waals surface area contributed by atoms with Crippen molar-refractivity contribution in [1.29, 1.82) is 0 Å². The standard InChI is InChI=1S/C27H29N5O2/c1-28-27(33)22-7-5-21(6-8-22)25-18-30-32-19-23(17-29-26(25)32)20-9-11-24(12-10-20)34-16-15-31-13-3-2-4-14-31/h5-12,17-19H,2-4,13-16H2,1H3,(H,28,33). The van der Waals surface area contributed by atoms with E-state index in [0.717, 1.165) is 40.2 Å². The maximum absolute atomic E-state index is 11.8. The first-order valence-corrected chi connectivity index (χ1v) is 11.8. The minimum atomic E-state index is -0.104. The lowest BCUT2D eigenvalue weighted by molar-refractivity contribution is 0.0963. The monoisotopic (exact) mass is 455 g/mol. The number of aromatic nitrogens is 3. The molecular weight excluding hydrogens is 426 g/mol. The maximum atomic E-state index is 11.8. The summed E-state index contributed by atoms with van der Waals surface area (Å²) >= 11 is 0. The van der Waals surface area contributed by atoms with Crippen molar-refractivity contribution < 1.29 is 9.53 Å². The molecule has 1 aliphatic rings. The van der Waals surface area contributed by atoms with E-state index >= 15 is 0 Å². The molecule has 3 heterocycles. The van der Waals surface area contributed by atoms with E-state index in [9.17, 15) is 4.79 Å². The Labute approximate surface area is 199 Å². The van der Waals surface area contributed by atoms with Gasteiger partial charge in [0.15, 0.2) is 5.65 Å². The van der Waals surface area contributed by atoms with E-state index in [0.29, 0.717) is 12.2 Å². The van der Waals surface area contributed by atoms with Gasteiger partial charge in [-0.2, -0.15) is 5.10 Å². The summed E-state index contributed by atoms with van der Waals surface area (Å²) in [6, 6.07) is 15.6. The first kappa shape index (κ1) is 22.1. The molecule has 1 N–H and O–H groups in total. The number of nitrogens with one attached hydrogen (secondary N) is 1. The number of nitrogens with zero attached hydrogens (tertiary/aromatic N) is 4. The first-order valence-electron chi connectivity index (χ1n) is 11.8. The molecule has 7 nitrogen and oxygen atoms in total. The molecule has 0 saturated carbocycles. The fourth-order valence-electron chi connectivity index (χ4n) is 4.39. The summed E-state index contributed by atoms with van der Waals surface area (Å²) in [5.41, 5.74) is 5.33. The van der Waals surface area contributed by atoms with Crippen LogP contribution < -0.4 is 10.1 Å². The second kappa shape index (κ2) is 10.1. The smallest absolute Gasteiger partial charge is 0.251 e. The summed E-state index contributed by atoms with van der Waals surface area (Å²) in [6.45, 7) is 4.08. The number of hydrogen-bond donors (Lipinski definition) is 1. The number of ether oxygens (including phenoxy) is 1. The summed E-state index contributed by atoms with van der Waals surface area (Å²) in [5.74, 6) is 0.781. The molecule has 0 aliphatic carbocycles. The van der Waals surface area contributed by atoms with Crippen LogP contribution in [0.15, 0.2) is 67.1 Å². The Morgan fingerprint density at radius 3 is 2.41 bits per heavy atom. The number of carbonyl (C=O) groups is 1. The minimum absolute atomic E-state index is 0.104. The predicted octanol–water partition coefficient (Wildman–Crippen LogP) is 4.29. The van der Waals surface area contributed by atoms with Crippen LogP contribution in [0.4, 0.5) is 0 Å². The van der Waals surface area contributed by atoms with Crippen LogP contribution in [0.3, 0.4) is 0 Å². The van der Waals surface area contributed by atoms with Gasteiger partial charge >= 0.3 is 0 Å². The highest BCUT2D eigenvalue weighted by Crippen LogP contribution is 2.27. The Hall–Kier alpha value is -3.71. The summed E-state index contributed by atoms with van der Waals surface area (Å²) in [5, 5.41) is 7.14. The van der Waals surface area contributed by atoms with Crippen LogP contribution in [-0.4, -0.2) is 58.7 Å². The Kier molecular flexibility index (Phi) is 6.53. The molecule has 0 bridgehead atoms. The molecule has 5 rings (SSSR count). The summed E-state index contributed by atoms with van der Waals surface area (Å²) in [4.78, 5) is 18.9. The fraction of sp³-hybridized carbons (Fsp3) is 0.296. The van der Waals surface area contributed by atoms with Gasteiger partial charge in [-0.25, -0.2) is 9.50 Å². The third-order valence-corrected chi connectivity index (χ3v) is 6.35. The lowest BCUT2D eigenvalue weighted by Gasteiger charge is -2.26. The molecule has 0 radical (unpaired) electrons. The molecule has 1 amide bonds. The zero-order valence-electron chi connectivity index (χ0n) is 19.4. The van der Waals surface area contributed by atoms with Crippen LogP contribution in [0, 0.1) is 0 Å². The number of benzene rings is 2. The van der Waals surface area contributed by atoms with Crippen LogP contribution in [0.1, 0.15) is 29.6 Å². The minimum Gasteiger partial charge on any atom is -0.492 e. The van der Waals surface area contributed by atoms with Gasteiger partial charge in [-0.05, 0) is 61.3 Å². The van der Waals surface area contributed by atoms with E-state index in [1.54, 1.807) is 17.8 Å². The van der Waals surface area contributed by atoms with E-state index in [-0.39, 0.29) is 5.91 Å². The maximum Gasteiger partial charge on any atom is 0.251 e. The quantitative estimate of drug-likeness (QED) is 0.450. The van der Waals surface area contributed by atoms with Crippen molar-refractivity contribution >= 4 is 11.6 Å². The zero-order chi connectivity index (χ0) is 23.3. The van der Waals surface area contributed by atoms with E-state index in [1.165, 1.54) is 32.4 Å². The first-order chi connectivity index (χ1) is 16.7. The number of hydrogen-bond acceptors (Lipinski definition) is 5. The van der Waals surface area contributed by atoms with E-state index < -0.39 is 0 Å². The van der Waals surface area contributed by atoms with Crippen molar-refractivity contribution in [3.63, 3.8) is 0 Å². The Balaban J connectivity index is 1.27. The van der Waals surface area contributed by atoms with Gasteiger partial charge in [-0.1, -0.05) is 30.7 Å². The van der Waals surface area contributed by atoms with E-state index in [2.05, 4.69) is 32.4 Å². The van der Waals surface area contributed by atoms with Gasteiger partial charge in [0.05, 0.1) is 6.20 Å². The van der Waals surface area contributed by atoms with Crippen molar-refractivity contribution in [2.45, 2.75) is 19.3 Å². The summed E-state index contributed by atoms with van der Waals surface area (Å²) in [6.07, 6.45) is 9.61. The number of piperidine rings is 1. The molecule has 1 saturated heterocycles. The number of carbonyl (C=O) groups excluding carboxylic acids is 1. The van der Waals surface area contributed by atoms with Crippen LogP contribution in [0.5, 0.6) is 5.75 Å². The lowest BCUT2D eigenvalue weighted by atomic mass is 10.1. The van der Waals surface area contributed by atoms with Crippen molar-refractivity contribution in [1.82, 2.24) is 24.8 Å². The lowest BCUT2D eigenvalue weighted by Crippen LogP contribution is -2.33. The molecule has 34 heavy (non-hydrogen) atoms. The number of rotatable bonds is 7. The Morgan fingerprint density at radius 1 is 0.941 bits per heavy atom. The van der Waals surface area contributed by atoms with Crippen molar-refractivity contribution in [2.24, 2.45) is 0 Å². The number of likely N-dealkylation sites (tertiary alicyclic amines) is 1. The molecule has 0 spiro atoms. The summed E-state index contributed by atoms with van der Waals surface area (Å²) in [7, 11) is 1.63. The third kappa shape index (κ3) is 4.79. The average Bonchev–Trinajstić information content (AvgIpc) is 3.33.